The van der Waals surface area contributed by atoms with E-state index in [0.29, 0.717) is 10.2 Å². The lowest BCUT2D eigenvalue weighted by atomic mass is 10.2. The summed E-state index contributed by atoms with van der Waals surface area (Å²) in [6.07, 6.45) is 0. The summed E-state index contributed by atoms with van der Waals surface area (Å²) < 4.78 is 22.1. The fraction of sp³-hybridized carbons (Fsp3) is 0.375. The van der Waals surface area contributed by atoms with E-state index < -0.39 is 13.5 Å². The molecule has 0 aliphatic heterocycles. The number of nitrogen functional groups attached to an aromatic ring is 1. The number of rotatable bonds is 4. The first-order valence-electron chi connectivity index (χ1n) is 4.28. The van der Waals surface area contributed by atoms with Gasteiger partial charge < -0.3 is 20.5 Å². The highest BCUT2D eigenvalue weighted by molar-refractivity contribution is 7.69. The number of thiophene rings is 1. The third-order valence-corrected chi connectivity index (χ3v) is 5.79. The number of carbonyl (C=O) groups excluding carboxylic acids is 1. The first-order chi connectivity index (χ1) is 7.37. The molecule has 6 nitrogen and oxygen atoms in total. The van der Waals surface area contributed by atoms with Crippen molar-refractivity contribution in [2.45, 2.75) is 6.92 Å². The summed E-state index contributed by atoms with van der Waals surface area (Å²) >= 11 is 0.989. The van der Waals surface area contributed by atoms with Crippen LogP contribution in [0.5, 0.6) is 0 Å². The van der Waals surface area contributed by atoms with Crippen LogP contribution in [-0.2, 0) is 13.6 Å². The number of anilines is 1. The van der Waals surface area contributed by atoms with Crippen LogP contribution in [0.15, 0.2) is 0 Å². The summed E-state index contributed by atoms with van der Waals surface area (Å²) in [5.41, 5.74) is 11.4. The second kappa shape index (κ2) is 4.55. The van der Waals surface area contributed by atoms with E-state index in [2.05, 4.69) is 0 Å². The molecule has 0 aliphatic rings. The van der Waals surface area contributed by atoms with E-state index >= 15 is 0 Å². The zero-order valence-electron chi connectivity index (χ0n) is 9.14. The first kappa shape index (κ1) is 13.2. The Hall–Kier alpha value is -0.880. The first-order valence-corrected chi connectivity index (χ1v) is 6.64. The topological polar surface area (TPSA) is 105 Å². The van der Waals surface area contributed by atoms with Gasteiger partial charge in [-0.05, 0) is 12.5 Å². The Morgan fingerprint density at radius 1 is 1.38 bits per heavy atom. The zero-order valence-corrected chi connectivity index (χ0v) is 10.9. The minimum atomic E-state index is -3.39. The molecule has 16 heavy (non-hydrogen) atoms. The quantitative estimate of drug-likeness (QED) is 0.784. The van der Waals surface area contributed by atoms with Gasteiger partial charge in [0.2, 0.25) is 0 Å². The van der Waals surface area contributed by atoms with Crippen LogP contribution in [-0.4, -0.2) is 20.1 Å². The SMILES string of the molecule is COP(=O)(OC)c1sc(N)c(C(N)=O)c1C. The van der Waals surface area contributed by atoms with Crippen molar-refractivity contribution in [2.24, 2.45) is 5.73 Å². The Balaban J connectivity index is 3.44. The van der Waals surface area contributed by atoms with Gasteiger partial charge in [0.1, 0.15) is 4.62 Å². The summed E-state index contributed by atoms with van der Waals surface area (Å²) in [6, 6.07) is 0. The van der Waals surface area contributed by atoms with Crippen LogP contribution < -0.4 is 16.1 Å². The molecule has 0 atom stereocenters. The number of amides is 1. The molecular weight excluding hydrogens is 251 g/mol. The highest BCUT2D eigenvalue weighted by Gasteiger charge is 2.32. The van der Waals surface area contributed by atoms with Crippen molar-refractivity contribution in [1.82, 2.24) is 0 Å². The number of hydrogen-bond acceptors (Lipinski definition) is 6. The smallest absolute Gasteiger partial charge is 0.371 e. The molecule has 1 aromatic heterocycles. The highest BCUT2D eigenvalue weighted by Crippen LogP contribution is 2.49. The van der Waals surface area contributed by atoms with Crippen LogP contribution in [0.1, 0.15) is 15.9 Å². The van der Waals surface area contributed by atoms with Gasteiger partial charge in [-0.15, -0.1) is 11.3 Å². The van der Waals surface area contributed by atoms with Gasteiger partial charge in [0, 0.05) is 14.2 Å². The second-order valence-corrected chi connectivity index (χ2v) is 6.53. The molecule has 1 heterocycles. The molecule has 1 rings (SSSR count). The van der Waals surface area contributed by atoms with E-state index in [9.17, 15) is 9.36 Å². The average molecular weight is 264 g/mol. The Bertz CT molecular complexity index is 463. The summed E-state index contributed by atoms with van der Waals surface area (Å²) in [5.74, 6) is -0.656. The molecule has 90 valence electrons. The van der Waals surface area contributed by atoms with Gasteiger partial charge in [-0.2, -0.15) is 0 Å². The molecule has 0 unspecified atom stereocenters. The molecule has 0 aliphatic carbocycles. The highest BCUT2D eigenvalue weighted by atomic mass is 32.1. The standard InChI is InChI=1S/C8H13N2O4PS/c1-4-5(6(9)11)7(10)16-8(4)15(12,13-2)14-3/h10H2,1-3H3,(H2,9,11). The number of primary amides is 1. The minimum absolute atomic E-state index is 0.175. The lowest BCUT2D eigenvalue weighted by molar-refractivity contribution is 0.100. The summed E-state index contributed by atoms with van der Waals surface area (Å²) in [4.78, 5) is 11.1. The maximum absolute atomic E-state index is 12.1. The van der Waals surface area contributed by atoms with Crippen LogP contribution in [0.4, 0.5) is 5.00 Å². The van der Waals surface area contributed by atoms with Crippen LogP contribution in [0.2, 0.25) is 0 Å². The van der Waals surface area contributed by atoms with Crippen LogP contribution in [0.3, 0.4) is 0 Å². The third-order valence-electron chi connectivity index (χ3n) is 2.12. The average Bonchev–Trinajstić information content (AvgIpc) is 2.53. The van der Waals surface area contributed by atoms with Crippen LogP contribution in [0, 0.1) is 6.92 Å². The van der Waals surface area contributed by atoms with Gasteiger partial charge in [0.15, 0.2) is 0 Å². The molecule has 0 fully saturated rings. The van der Waals surface area contributed by atoms with Gasteiger partial charge in [-0.3, -0.25) is 9.36 Å². The van der Waals surface area contributed by atoms with Crippen molar-refractivity contribution in [3.05, 3.63) is 11.1 Å². The van der Waals surface area contributed by atoms with Gasteiger partial charge >= 0.3 is 7.60 Å². The van der Waals surface area contributed by atoms with Crippen molar-refractivity contribution >= 4 is 34.5 Å². The van der Waals surface area contributed by atoms with E-state index in [4.69, 9.17) is 20.5 Å². The molecule has 0 spiro atoms. The van der Waals surface area contributed by atoms with Crippen LogP contribution in [0.25, 0.3) is 0 Å². The molecule has 1 aromatic rings. The molecule has 8 heteroatoms. The molecule has 0 bridgehead atoms. The van der Waals surface area contributed by atoms with Crippen molar-refractivity contribution in [2.75, 3.05) is 20.0 Å². The normalized spacial score (nSPS) is 11.7. The van der Waals surface area contributed by atoms with Gasteiger partial charge in [-0.25, -0.2) is 0 Å². The molecular formula is C8H13N2O4PS. The monoisotopic (exact) mass is 264 g/mol. The van der Waals surface area contributed by atoms with Gasteiger partial charge in [0.05, 0.1) is 10.6 Å². The predicted octanol–water partition coefficient (Wildman–Crippen LogP) is 0.849. The van der Waals surface area contributed by atoms with Crippen molar-refractivity contribution < 1.29 is 18.4 Å². The molecule has 0 radical (unpaired) electrons. The number of nitrogens with two attached hydrogens (primary N) is 2. The maximum Gasteiger partial charge on any atom is 0.371 e. The second-order valence-electron chi connectivity index (χ2n) is 3.00. The Morgan fingerprint density at radius 3 is 2.19 bits per heavy atom. The number of carbonyl (C=O) groups is 1. The Kier molecular flexibility index (Phi) is 3.75. The van der Waals surface area contributed by atoms with Crippen LogP contribution >= 0.6 is 18.9 Å². The molecule has 4 N–H and O–H groups in total. The molecule has 0 saturated carbocycles. The van der Waals surface area contributed by atoms with Crippen molar-refractivity contribution in [1.29, 1.82) is 0 Å². The summed E-state index contributed by atoms with van der Waals surface area (Å²) in [5, 5.41) is 0.217. The Morgan fingerprint density at radius 2 is 1.88 bits per heavy atom. The summed E-state index contributed by atoms with van der Waals surface area (Å²) in [6.45, 7) is 1.60. The van der Waals surface area contributed by atoms with Gasteiger partial charge in [0.25, 0.3) is 5.91 Å². The third kappa shape index (κ3) is 1.99. The minimum Gasteiger partial charge on any atom is -0.390 e. The van der Waals surface area contributed by atoms with E-state index in [-0.39, 0.29) is 10.6 Å². The van der Waals surface area contributed by atoms with Crippen molar-refractivity contribution in [3.63, 3.8) is 0 Å². The summed E-state index contributed by atoms with van der Waals surface area (Å²) in [7, 11) is -0.851. The van der Waals surface area contributed by atoms with E-state index in [0.717, 1.165) is 11.3 Å². The molecule has 1 amide bonds. The van der Waals surface area contributed by atoms with Gasteiger partial charge in [-0.1, -0.05) is 0 Å². The molecule has 0 saturated heterocycles. The molecule has 0 aromatic carbocycles. The fourth-order valence-electron chi connectivity index (χ4n) is 1.33. The van der Waals surface area contributed by atoms with Crippen molar-refractivity contribution in [3.8, 4) is 0 Å². The lowest BCUT2D eigenvalue weighted by Crippen LogP contribution is -2.15. The zero-order chi connectivity index (χ0) is 12.5. The fourth-order valence-corrected chi connectivity index (χ4v) is 4.34. The predicted molar refractivity (Wildman–Crippen MR) is 63.2 cm³/mol. The maximum atomic E-state index is 12.1. The van der Waals surface area contributed by atoms with E-state index in [1.807, 2.05) is 0 Å². The number of hydrogen-bond donors (Lipinski definition) is 2. The largest absolute Gasteiger partial charge is 0.390 e. The van der Waals surface area contributed by atoms with E-state index in [1.165, 1.54) is 14.2 Å². The van der Waals surface area contributed by atoms with E-state index in [1.54, 1.807) is 6.92 Å². The lowest BCUT2D eigenvalue weighted by Gasteiger charge is -2.12. The Labute approximate surface area is 97.1 Å².